The summed E-state index contributed by atoms with van der Waals surface area (Å²) in [5.74, 6) is 0.727. The summed E-state index contributed by atoms with van der Waals surface area (Å²) in [4.78, 5) is 13.2. The summed E-state index contributed by atoms with van der Waals surface area (Å²) in [5.41, 5.74) is 1.24. The molecule has 2 heterocycles. The van der Waals surface area contributed by atoms with Crippen molar-refractivity contribution >= 4 is 38.7 Å². The lowest BCUT2D eigenvalue weighted by Gasteiger charge is -2.27. The van der Waals surface area contributed by atoms with Gasteiger partial charge in [-0.1, -0.05) is 48.5 Å². The van der Waals surface area contributed by atoms with Crippen LogP contribution in [0.25, 0.3) is 11.0 Å². The number of amides is 1. The highest BCUT2D eigenvalue weighted by Crippen LogP contribution is 2.30. The van der Waals surface area contributed by atoms with Crippen molar-refractivity contribution in [1.82, 2.24) is 18.8 Å². The molecule has 0 spiro atoms. The lowest BCUT2D eigenvalue weighted by molar-refractivity contribution is -0.123. The Morgan fingerprint density at radius 2 is 1.76 bits per heavy atom. The Morgan fingerprint density at radius 1 is 1.00 bits per heavy atom. The Morgan fingerprint density at radius 3 is 2.59 bits per heavy atom. The van der Waals surface area contributed by atoms with Crippen LogP contribution >= 0.6 is 11.7 Å². The second-order valence-corrected chi connectivity index (χ2v) is 9.81. The first-order valence-electron chi connectivity index (χ1n) is 10.5. The molecule has 34 heavy (non-hydrogen) atoms. The Hall–Kier alpha value is -3.54. The first kappa shape index (κ1) is 22.3. The maximum absolute atomic E-state index is 13.3. The number of nitrogens with zero attached hydrogens (tertiary/aromatic N) is 2. The number of benzene rings is 3. The smallest absolute Gasteiger partial charge is 0.243 e. The lowest BCUT2D eigenvalue weighted by atomic mass is 10.1. The van der Waals surface area contributed by atoms with Gasteiger partial charge < -0.3 is 14.8 Å². The van der Waals surface area contributed by atoms with E-state index in [9.17, 15) is 13.2 Å². The predicted molar refractivity (Wildman–Crippen MR) is 126 cm³/mol. The highest BCUT2D eigenvalue weighted by molar-refractivity contribution is 7.89. The number of aromatic nitrogens is 2. The van der Waals surface area contributed by atoms with Crippen LogP contribution in [0.1, 0.15) is 11.6 Å². The predicted octanol–water partition coefficient (Wildman–Crippen LogP) is 2.67. The highest BCUT2D eigenvalue weighted by Gasteiger charge is 2.30. The van der Waals surface area contributed by atoms with Gasteiger partial charge in [0.15, 0.2) is 11.5 Å². The summed E-state index contributed by atoms with van der Waals surface area (Å²) >= 11 is 0.927. The van der Waals surface area contributed by atoms with Gasteiger partial charge in [0.05, 0.1) is 18.3 Å². The molecule has 0 bridgehead atoms. The van der Waals surface area contributed by atoms with Crippen molar-refractivity contribution in [1.29, 1.82) is 0 Å². The number of para-hydroxylation sites is 2. The van der Waals surface area contributed by atoms with Crippen LogP contribution in [0.5, 0.6) is 11.5 Å². The molecule has 3 aromatic carbocycles. The van der Waals surface area contributed by atoms with Crippen LogP contribution in [0.15, 0.2) is 77.7 Å². The number of carbonyl (C=O) groups is 1. The second-order valence-electron chi connectivity index (χ2n) is 7.60. The van der Waals surface area contributed by atoms with Crippen LogP contribution < -0.4 is 19.5 Å². The average Bonchev–Trinajstić information content (AvgIpc) is 3.35. The first-order valence-corrected chi connectivity index (χ1v) is 12.7. The Balaban J connectivity index is 1.35. The molecule has 0 saturated heterocycles. The summed E-state index contributed by atoms with van der Waals surface area (Å²) in [6, 6.07) is 19.5. The van der Waals surface area contributed by atoms with Gasteiger partial charge in [-0.3, -0.25) is 4.79 Å². The number of hydrogen-bond donors (Lipinski definition) is 2. The van der Waals surface area contributed by atoms with E-state index in [1.165, 1.54) is 6.07 Å². The van der Waals surface area contributed by atoms with Gasteiger partial charge in [0, 0.05) is 0 Å². The molecule has 2 unspecified atom stereocenters. The number of carbonyl (C=O) groups excluding carboxylic acids is 1. The third-order valence-corrected chi connectivity index (χ3v) is 7.28. The second kappa shape index (κ2) is 9.37. The summed E-state index contributed by atoms with van der Waals surface area (Å²) in [6.45, 7) is 0.404. The topological polar surface area (TPSA) is 120 Å². The van der Waals surface area contributed by atoms with Crippen LogP contribution in [0.4, 0.5) is 0 Å². The van der Waals surface area contributed by atoms with Gasteiger partial charge in [-0.25, -0.2) is 8.42 Å². The van der Waals surface area contributed by atoms with Crippen molar-refractivity contribution in [2.45, 2.75) is 17.0 Å². The number of sulfonamides is 1. The van der Waals surface area contributed by atoms with Crippen molar-refractivity contribution < 1.29 is 22.7 Å². The maximum atomic E-state index is 13.3. The van der Waals surface area contributed by atoms with E-state index in [2.05, 4.69) is 18.8 Å². The van der Waals surface area contributed by atoms with Gasteiger partial charge in [-0.05, 0) is 29.8 Å². The fraction of sp³-hybridized carbons (Fsp3) is 0.174. The van der Waals surface area contributed by atoms with Gasteiger partial charge in [-0.2, -0.15) is 13.5 Å². The molecule has 2 atom stereocenters. The van der Waals surface area contributed by atoms with Crippen LogP contribution in [0, 0.1) is 0 Å². The molecule has 9 nitrogen and oxygen atoms in total. The zero-order valence-electron chi connectivity index (χ0n) is 17.7. The molecule has 1 aliphatic rings. The van der Waals surface area contributed by atoms with E-state index in [0.717, 1.165) is 11.7 Å². The summed E-state index contributed by atoms with van der Waals surface area (Å²) in [5, 5.41) is 2.79. The molecule has 1 aromatic heterocycles. The van der Waals surface area contributed by atoms with Crippen LogP contribution in [-0.4, -0.2) is 42.3 Å². The van der Waals surface area contributed by atoms with Crippen LogP contribution in [-0.2, 0) is 14.8 Å². The number of hydrogen-bond acceptors (Lipinski definition) is 8. The zero-order chi connectivity index (χ0) is 23.5. The first-order chi connectivity index (χ1) is 16.5. The van der Waals surface area contributed by atoms with E-state index in [4.69, 9.17) is 9.47 Å². The largest absolute Gasteiger partial charge is 0.486 e. The highest BCUT2D eigenvalue weighted by atomic mass is 32.2. The SMILES string of the molecule is O=C(NCC1COc2ccccc2O1)C(NS(=O)(=O)c1cccc2nsnc12)c1ccccc1. The van der Waals surface area contributed by atoms with Gasteiger partial charge in [-0.15, -0.1) is 0 Å². The van der Waals surface area contributed by atoms with Gasteiger partial charge in [0.2, 0.25) is 15.9 Å². The molecular formula is C23H20N4O5S2. The van der Waals surface area contributed by atoms with Gasteiger partial charge in [0.25, 0.3) is 0 Å². The van der Waals surface area contributed by atoms with Gasteiger partial charge >= 0.3 is 0 Å². The molecule has 0 aliphatic carbocycles. The van der Waals surface area contributed by atoms with Crippen LogP contribution in [0.3, 0.4) is 0 Å². The molecule has 1 aliphatic heterocycles. The Bertz CT molecular complexity index is 1430. The standard InChI is InChI=1S/C23H20N4O5S2/c28-23(24-13-16-14-31-18-10-4-5-11-19(18)32-16)21(15-7-2-1-3-8-15)27-34(29,30)20-12-6-9-17-22(20)26-33-25-17/h1-12,16,21,27H,13-14H2,(H,24,28). The van der Waals surface area contributed by atoms with Crippen LogP contribution in [0.2, 0.25) is 0 Å². The number of nitrogens with one attached hydrogen (secondary N) is 2. The van der Waals surface area contributed by atoms with E-state index in [1.807, 2.05) is 18.2 Å². The quantitative estimate of drug-likeness (QED) is 0.404. The molecule has 1 amide bonds. The van der Waals surface area contributed by atoms with E-state index in [0.29, 0.717) is 22.6 Å². The average molecular weight is 497 g/mol. The minimum absolute atomic E-state index is 0.0342. The zero-order valence-corrected chi connectivity index (χ0v) is 19.4. The van der Waals surface area contributed by atoms with E-state index < -0.39 is 28.1 Å². The number of rotatable bonds is 7. The number of ether oxygens (including phenoxy) is 2. The molecule has 0 fully saturated rings. The molecule has 5 rings (SSSR count). The molecule has 0 radical (unpaired) electrons. The van der Waals surface area contributed by atoms with Gasteiger partial charge in [0.1, 0.15) is 34.7 Å². The monoisotopic (exact) mass is 496 g/mol. The molecule has 4 aromatic rings. The Labute approximate surface area is 200 Å². The van der Waals surface area contributed by atoms with Crippen molar-refractivity contribution in [3.63, 3.8) is 0 Å². The normalized spacial score (nSPS) is 16.2. The summed E-state index contributed by atoms with van der Waals surface area (Å²) in [6.07, 6.45) is -0.415. The van der Waals surface area contributed by atoms with E-state index >= 15 is 0 Å². The minimum atomic E-state index is -4.09. The molecular weight excluding hydrogens is 476 g/mol. The summed E-state index contributed by atoms with van der Waals surface area (Å²) < 4.78 is 48.9. The molecule has 11 heteroatoms. The molecule has 0 saturated carbocycles. The molecule has 174 valence electrons. The van der Waals surface area contributed by atoms with Crippen molar-refractivity contribution in [2.75, 3.05) is 13.2 Å². The minimum Gasteiger partial charge on any atom is -0.486 e. The fourth-order valence-electron chi connectivity index (χ4n) is 3.62. The van der Waals surface area contributed by atoms with Crippen molar-refractivity contribution in [3.8, 4) is 11.5 Å². The third-order valence-electron chi connectivity index (χ3n) is 5.28. The van der Waals surface area contributed by atoms with Crippen molar-refractivity contribution in [2.24, 2.45) is 0 Å². The van der Waals surface area contributed by atoms with Crippen molar-refractivity contribution in [3.05, 3.63) is 78.4 Å². The maximum Gasteiger partial charge on any atom is 0.243 e. The third kappa shape index (κ3) is 4.58. The number of fused-ring (bicyclic) bond motifs is 2. The molecule has 2 N–H and O–H groups in total. The Kier molecular flexibility index (Phi) is 6.14. The van der Waals surface area contributed by atoms with E-state index in [1.54, 1.807) is 48.5 Å². The lowest BCUT2D eigenvalue weighted by Crippen LogP contribution is -2.45. The van der Waals surface area contributed by atoms with E-state index in [-0.39, 0.29) is 23.6 Å². The fourth-order valence-corrected chi connectivity index (χ4v) is 5.57. The summed E-state index contributed by atoms with van der Waals surface area (Å²) in [7, 11) is -4.09.